The molecule has 70 valence electrons. The summed E-state index contributed by atoms with van der Waals surface area (Å²) in [4.78, 5) is 11.3. The van der Waals surface area contributed by atoms with Crippen LogP contribution in [-0.2, 0) is 22.5 Å². The molecule has 2 heterocycles. The van der Waals surface area contributed by atoms with Crippen LogP contribution in [0.25, 0.3) is 0 Å². The van der Waals surface area contributed by atoms with E-state index in [4.69, 9.17) is 4.74 Å². The summed E-state index contributed by atoms with van der Waals surface area (Å²) in [5.74, 6) is 0.0764. The number of aromatic nitrogens is 3. The maximum Gasteiger partial charge on any atom is 0.185 e. The zero-order valence-corrected chi connectivity index (χ0v) is 7.43. The molecule has 0 radical (unpaired) electrons. The maximum absolute atomic E-state index is 11.3. The predicted octanol–water partition coefficient (Wildman–Crippen LogP) is -0.192. The Hall–Kier alpha value is -1.23. The molecule has 0 aliphatic carbocycles. The van der Waals surface area contributed by atoms with Gasteiger partial charge in [0, 0.05) is 6.20 Å². The van der Waals surface area contributed by atoms with Crippen LogP contribution in [0.15, 0.2) is 6.20 Å². The first kappa shape index (κ1) is 8.37. The average molecular weight is 181 g/mol. The molecule has 5 heteroatoms. The number of hydrogen-bond acceptors (Lipinski definition) is 4. The van der Waals surface area contributed by atoms with Crippen LogP contribution in [0.2, 0.25) is 0 Å². The van der Waals surface area contributed by atoms with E-state index in [9.17, 15) is 4.79 Å². The van der Waals surface area contributed by atoms with Crippen LogP contribution in [-0.4, -0.2) is 33.5 Å². The van der Waals surface area contributed by atoms with Crippen molar-refractivity contribution in [2.45, 2.75) is 26.0 Å². The molecule has 0 saturated carbocycles. The normalized spacial score (nSPS) is 20.2. The number of rotatable bonds is 4. The van der Waals surface area contributed by atoms with Gasteiger partial charge < -0.3 is 4.74 Å². The lowest BCUT2D eigenvalue weighted by Crippen LogP contribution is -2.15. The molecule has 0 amide bonds. The lowest BCUT2D eigenvalue weighted by molar-refractivity contribution is -0.121. The molecule has 1 aromatic heterocycles. The van der Waals surface area contributed by atoms with Crippen LogP contribution in [0.4, 0.5) is 0 Å². The van der Waals surface area contributed by atoms with Crippen molar-refractivity contribution in [1.82, 2.24) is 15.0 Å². The molecule has 1 unspecified atom stereocenters. The van der Waals surface area contributed by atoms with E-state index in [2.05, 4.69) is 10.3 Å². The van der Waals surface area contributed by atoms with E-state index < -0.39 is 0 Å². The highest BCUT2D eigenvalue weighted by Gasteiger charge is 2.31. The summed E-state index contributed by atoms with van der Waals surface area (Å²) in [6.07, 6.45) is 2.45. The molecule has 0 bridgehead atoms. The summed E-state index contributed by atoms with van der Waals surface area (Å²) < 4.78 is 6.42. The third-order valence-corrected chi connectivity index (χ3v) is 1.96. The molecule has 1 fully saturated rings. The van der Waals surface area contributed by atoms with Crippen molar-refractivity contribution in [3.63, 3.8) is 0 Å². The molecule has 1 aliphatic rings. The standard InChI is InChI=1S/C8H11N3O2/c1-2-6-3-11(10-9-6)4-7(12)8-5-13-8/h3,8H,2,4-5H2,1H3. The number of Topliss-reactive ketones (excluding diaryl/α,β-unsaturated/α-hetero) is 1. The Labute approximate surface area is 75.7 Å². The van der Waals surface area contributed by atoms with Gasteiger partial charge in [-0.25, -0.2) is 4.68 Å². The highest BCUT2D eigenvalue weighted by atomic mass is 16.6. The van der Waals surface area contributed by atoms with Crippen molar-refractivity contribution in [3.8, 4) is 0 Å². The molecule has 0 spiro atoms. The third kappa shape index (κ3) is 1.92. The Balaban J connectivity index is 1.96. The Morgan fingerprint density at radius 2 is 2.62 bits per heavy atom. The average Bonchev–Trinajstić information content (AvgIpc) is 2.88. The Kier molecular flexibility index (Phi) is 2.10. The van der Waals surface area contributed by atoms with E-state index in [1.165, 1.54) is 0 Å². The fourth-order valence-corrected chi connectivity index (χ4v) is 1.07. The first-order chi connectivity index (χ1) is 6.29. The van der Waals surface area contributed by atoms with Crippen LogP contribution in [0.5, 0.6) is 0 Å². The Morgan fingerprint density at radius 1 is 1.85 bits per heavy atom. The molecule has 1 aromatic rings. The second kappa shape index (κ2) is 3.26. The number of epoxide rings is 1. The first-order valence-electron chi connectivity index (χ1n) is 4.33. The van der Waals surface area contributed by atoms with Gasteiger partial charge in [0.25, 0.3) is 0 Å². The minimum absolute atomic E-state index is 0.0764. The van der Waals surface area contributed by atoms with Crippen LogP contribution < -0.4 is 0 Å². The van der Waals surface area contributed by atoms with Crippen LogP contribution >= 0.6 is 0 Å². The largest absolute Gasteiger partial charge is 0.365 e. The number of aryl methyl sites for hydroxylation is 1. The molecular formula is C8H11N3O2. The van der Waals surface area contributed by atoms with E-state index in [-0.39, 0.29) is 18.4 Å². The van der Waals surface area contributed by atoms with Gasteiger partial charge in [-0.05, 0) is 6.42 Å². The highest BCUT2D eigenvalue weighted by molar-refractivity contribution is 5.84. The Bertz CT molecular complexity index is 317. The van der Waals surface area contributed by atoms with Gasteiger partial charge >= 0.3 is 0 Å². The highest BCUT2D eigenvalue weighted by Crippen LogP contribution is 2.10. The molecule has 1 atom stereocenters. The van der Waals surface area contributed by atoms with Gasteiger partial charge in [0.2, 0.25) is 0 Å². The lowest BCUT2D eigenvalue weighted by Gasteiger charge is -1.94. The van der Waals surface area contributed by atoms with Gasteiger partial charge in [0.15, 0.2) is 5.78 Å². The van der Waals surface area contributed by atoms with E-state index >= 15 is 0 Å². The summed E-state index contributed by atoms with van der Waals surface area (Å²) in [6, 6.07) is 0. The molecule has 13 heavy (non-hydrogen) atoms. The number of ketones is 1. The molecular weight excluding hydrogens is 170 g/mol. The van der Waals surface area contributed by atoms with Gasteiger partial charge in [-0.2, -0.15) is 0 Å². The van der Waals surface area contributed by atoms with Gasteiger partial charge in [-0.3, -0.25) is 4.79 Å². The smallest absolute Gasteiger partial charge is 0.185 e. The minimum Gasteiger partial charge on any atom is -0.365 e. The van der Waals surface area contributed by atoms with Gasteiger partial charge in [-0.15, -0.1) is 5.10 Å². The summed E-state index contributed by atoms with van der Waals surface area (Å²) in [5.41, 5.74) is 0.907. The first-order valence-corrected chi connectivity index (χ1v) is 4.33. The summed E-state index contributed by atoms with van der Waals surface area (Å²) in [5, 5.41) is 7.71. The van der Waals surface area contributed by atoms with E-state index in [0.29, 0.717) is 6.61 Å². The van der Waals surface area contributed by atoms with Crippen LogP contribution in [0, 0.1) is 0 Å². The number of nitrogens with zero attached hydrogens (tertiary/aromatic N) is 3. The van der Waals surface area contributed by atoms with Crippen molar-refractivity contribution in [1.29, 1.82) is 0 Å². The number of hydrogen-bond donors (Lipinski definition) is 0. The molecule has 1 saturated heterocycles. The van der Waals surface area contributed by atoms with Gasteiger partial charge in [0.05, 0.1) is 12.3 Å². The lowest BCUT2D eigenvalue weighted by atomic mass is 10.3. The summed E-state index contributed by atoms with van der Waals surface area (Å²) in [7, 11) is 0. The molecule has 0 N–H and O–H groups in total. The van der Waals surface area contributed by atoms with Crippen LogP contribution in [0.3, 0.4) is 0 Å². The van der Waals surface area contributed by atoms with E-state index in [1.807, 2.05) is 6.92 Å². The van der Waals surface area contributed by atoms with E-state index in [0.717, 1.165) is 12.1 Å². The predicted molar refractivity (Wildman–Crippen MR) is 44.1 cm³/mol. The zero-order chi connectivity index (χ0) is 9.26. The zero-order valence-electron chi connectivity index (χ0n) is 7.43. The van der Waals surface area contributed by atoms with Crippen LogP contribution in [0.1, 0.15) is 12.6 Å². The minimum atomic E-state index is -0.186. The maximum atomic E-state index is 11.3. The molecule has 2 rings (SSSR count). The summed E-state index contributed by atoms with van der Waals surface area (Å²) >= 11 is 0. The number of carbonyl (C=O) groups excluding carboxylic acids is 1. The number of carbonyl (C=O) groups is 1. The monoisotopic (exact) mass is 181 g/mol. The number of ether oxygens (including phenoxy) is 1. The van der Waals surface area contributed by atoms with Crippen molar-refractivity contribution in [2.24, 2.45) is 0 Å². The Morgan fingerprint density at radius 3 is 3.15 bits per heavy atom. The van der Waals surface area contributed by atoms with Gasteiger partial charge in [-0.1, -0.05) is 12.1 Å². The molecule has 1 aliphatic heterocycles. The van der Waals surface area contributed by atoms with Crippen molar-refractivity contribution >= 4 is 5.78 Å². The second-order valence-corrected chi connectivity index (χ2v) is 3.05. The van der Waals surface area contributed by atoms with E-state index in [1.54, 1.807) is 10.9 Å². The molecule has 5 nitrogen and oxygen atoms in total. The van der Waals surface area contributed by atoms with Gasteiger partial charge in [0.1, 0.15) is 12.6 Å². The quantitative estimate of drug-likeness (QED) is 0.604. The van der Waals surface area contributed by atoms with Crippen molar-refractivity contribution in [2.75, 3.05) is 6.61 Å². The fraction of sp³-hybridized carbons (Fsp3) is 0.625. The van der Waals surface area contributed by atoms with Crippen molar-refractivity contribution in [3.05, 3.63) is 11.9 Å². The third-order valence-electron chi connectivity index (χ3n) is 1.96. The fourth-order valence-electron chi connectivity index (χ4n) is 1.07. The topological polar surface area (TPSA) is 60.3 Å². The van der Waals surface area contributed by atoms with Crippen molar-refractivity contribution < 1.29 is 9.53 Å². The summed E-state index contributed by atoms with van der Waals surface area (Å²) in [6.45, 7) is 2.84. The second-order valence-electron chi connectivity index (χ2n) is 3.05. The SMILES string of the molecule is CCc1cn(CC(=O)C2CO2)nn1. The molecule has 0 aromatic carbocycles.